The van der Waals surface area contributed by atoms with Crippen LogP contribution >= 0.6 is 0 Å². The molecule has 1 amide bonds. The lowest BCUT2D eigenvalue weighted by atomic mass is 10.0. The summed E-state index contributed by atoms with van der Waals surface area (Å²) < 4.78 is 15.3. The molecule has 3 aromatic rings. The third kappa shape index (κ3) is 2.76. The molecule has 1 saturated carbocycles. The van der Waals surface area contributed by atoms with Gasteiger partial charge in [0.25, 0.3) is 0 Å². The molecule has 0 aliphatic heterocycles. The number of anilines is 1. The number of aromatic nitrogens is 2. The van der Waals surface area contributed by atoms with Gasteiger partial charge in [-0.3, -0.25) is 4.79 Å². The number of aliphatic hydroxyl groups excluding tert-OH is 1. The number of benzene rings is 1. The molecule has 0 saturated heterocycles. The summed E-state index contributed by atoms with van der Waals surface area (Å²) in [6, 6.07) is 7.93. The van der Waals surface area contributed by atoms with Crippen molar-refractivity contribution in [3.63, 3.8) is 0 Å². The van der Waals surface area contributed by atoms with E-state index in [1.54, 1.807) is 22.7 Å². The van der Waals surface area contributed by atoms with Crippen LogP contribution in [0.4, 0.5) is 10.2 Å². The number of pyridine rings is 1. The van der Waals surface area contributed by atoms with Gasteiger partial charge in [-0.15, -0.1) is 0 Å². The fraction of sp³-hybridized carbons (Fsp3) is 0.222. The summed E-state index contributed by atoms with van der Waals surface area (Å²) in [6.07, 6.45) is 5.42. The number of aliphatic hydroxyl groups is 1. The van der Waals surface area contributed by atoms with Crippen LogP contribution in [-0.4, -0.2) is 20.4 Å². The minimum atomic E-state index is -0.356. The average Bonchev–Trinajstić information content (AvgIpc) is 3.35. The van der Waals surface area contributed by atoms with Crippen molar-refractivity contribution in [2.75, 3.05) is 5.32 Å². The summed E-state index contributed by atoms with van der Waals surface area (Å²) in [4.78, 5) is 16.2. The maximum Gasteiger partial charge on any atom is 0.228 e. The number of carbonyl (C=O) groups is 1. The molecule has 0 radical (unpaired) electrons. The summed E-state index contributed by atoms with van der Waals surface area (Å²) in [7, 11) is 0. The molecule has 1 aliphatic rings. The van der Waals surface area contributed by atoms with E-state index in [1.165, 1.54) is 12.1 Å². The highest BCUT2D eigenvalue weighted by atomic mass is 19.1. The van der Waals surface area contributed by atoms with Gasteiger partial charge < -0.3 is 14.8 Å². The van der Waals surface area contributed by atoms with Crippen molar-refractivity contribution in [1.29, 1.82) is 0 Å². The Morgan fingerprint density at radius 1 is 1.29 bits per heavy atom. The SMILES string of the molecule is O=C(Nc1cn2cc(-c3cc(F)ccc3CO)ccc2n1)C1CC1. The van der Waals surface area contributed by atoms with Crippen molar-refractivity contribution in [2.24, 2.45) is 5.92 Å². The normalized spacial score (nSPS) is 14.1. The lowest BCUT2D eigenvalue weighted by molar-refractivity contribution is -0.117. The maximum absolute atomic E-state index is 13.6. The lowest BCUT2D eigenvalue weighted by Gasteiger charge is -2.08. The van der Waals surface area contributed by atoms with Crippen LogP contribution in [0.3, 0.4) is 0 Å². The van der Waals surface area contributed by atoms with Gasteiger partial charge >= 0.3 is 0 Å². The van der Waals surface area contributed by atoms with Crippen molar-refractivity contribution >= 4 is 17.4 Å². The molecule has 1 aliphatic carbocycles. The molecule has 24 heavy (non-hydrogen) atoms. The monoisotopic (exact) mass is 325 g/mol. The quantitative estimate of drug-likeness (QED) is 0.775. The Hall–Kier alpha value is -2.73. The van der Waals surface area contributed by atoms with Crippen molar-refractivity contribution in [3.8, 4) is 11.1 Å². The highest BCUT2D eigenvalue weighted by Gasteiger charge is 2.29. The van der Waals surface area contributed by atoms with Gasteiger partial charge in [0, 0.05) is 12.1 Å². The number of hydrogen-bond donors (Lipinski definition) is 2. The number of halogens is 1. The number of nitrogens with zero attached hydrogens (tertiary/aromatic N) is 2. The van der Waals surface area contributed by atoms with E-state index in [-0.39, 0.29) is 24.2 Å². The Labute approximate surface area is 137 Å². The number of carbonyl (C=O) groups excluding carboxylic acids is 1. The van der Waals surface area contributed by atoms with E-state index < -0.39 is 0 Å². The summed E-state index contributed by atoms with van der Waals surface area (Å²) >= 11 is 0. The second kappa shape index (κ2) is 5.72. The molecule has 0 atom stereocenters. The van der Waals surface area contributed by atoms with E-state index in [4.69, 9.17) is 0 Å². The Morgan fingerprint density at radius 3 is 2.88 bits per heavy atom. The Kier molecular flexibility index (Phi) is 3.54. The second-order valence-corrected chi connectivity index (χ2v) is 6.03. The number of hydrogen-bond acceptors (Lipinski definition) is 3. The Balaban J connectivity index is 1.70. The fourth-order valence-corrected chi connectivity index (χ4v) is 2.74. The lowest BCUT2D eigenvalue weighted by Crippen LogP contribution is -2.13. The van der Waals surface area contributed by atoms with Crippen LogP contribution in [0.5, 0.6) is 0 Å². The second-order valence-electron chi connectivity index (χ2n) is 6.03. The highest BCUT2D eigenvalue weighted by Crippen LogP contribution is 2.30. The van der Waals surface area contributed by atoms with Crippen molar-refractivity contribution in [3.05, 3.63) is 54.1 Å². The summed E-state index contributed by atoms with van der Waals surface area (Å²) in [5, 5.41) is 12.3. The Bertz CT molecular complexity index is 931. The number of rotatable bonds is 4. The smallest absolute Gasteiger partial charge is 0.228 e. The average molecular weight is 325 g/mol. The highest BCUT2D eigenvalue weighted by molar-refractivity contribution is 5.93. The molecule has 1 fully saturated rings. The summed E-state index contributed by atoms with van der Waals surface area (Å²) in [6.45, 7) is -0.166. The number of fused-ring (bicyclic) bond motifs is 1. The molecule has 4 rings (SSSR count). The number of imidazole rings is 1. The van der Waals surface area contributed by atoms with E-state index in [0.29, 0.717) is 22.6 Å². The van der Waals surface area contributed by atoms with Gasteiger partial charge in [-0.25, -0.2) is 9.37 Å². The van der Waals surface area contributed by atoms with Crippen molar-refractivity contribution in [1.82, 2.24) is 9.38 Å². The molecule has 6 heteroatoms. The van der Waals surface area contributed by atoms with E-state index >= 15 is 0 Å². The first-order valence-corrected chi connectivity index (χ1v) is 7.83. The molecule has 5 nitrogen and oxygen atoms in total. The van der Waals surface area contributed by atoms with Gasteiger partial charge in [0.05, 0.1) is 12.8 Å². The molecule has 122 valence electrons. The third-order valence-corrected chi connectivity index (χ3v) is 4.20. The number of amides is 1. The minimum Gasteiger partial charge on any atom is -0.392 e. The van der Waals surface area contributed by atoms with Crippen LogP contribution in [-0.2, 0) is 11.4 Å². The predicted octanol–water partition coefficient (Wildman–Crippen LogP) is 2.98. The van der Waals surface area contributed by atoms with Gasteiger partial charge in [0.15, 0.2) is 5.82 Å². The van der Waals surface area contributed by atoms with Crippen molar-refractivity contribution in [2.45, 2.75) is 19.4 Å². The van der Waals surface area contributed by atoms with E-state index in [1.807, 2.05) is 12.3 Å². The first kappa shape index (κ1) is 14.8. The van der Waals surface area contributed by atoms with Gasteiger partial charge in [0.2, 0.25) is 5.91 Å². The van der Waals surface area contributed by atoms with Crippen LogP contribution < -0.4 is 5.32 Å². The molecule has 2 N–H and O–H groups in total. The molecule has 0 spiro atoms. The molecule has 0 unspecified atom stereocenters. The molecular formula is C18H16FN3O2. The molecular weight excluding hydrogens is 309 g/mol. The zero-order valence-electron chi connectivity index (χ0n) is 12.9. The first-order valence-electron chi connectivity index (χ1n) is 7.83. The van der Waals surface area contributed by atoms with Crippen molar-refractivity contribution < 1.29 is 14.3 Å². The van der Waals surface area contributed by atoms with Gasteiger partial charge in [-0.05, 0) is 53.8 Å². The fourth-order valence-electron chi connectivity index (χ4n) is 2.74. The molecule has 0 bridgehead atoms. The van der Waals surface area contributed by atoms with Crippen LogP contribution in [0.25, 0.3) is 16.8 Å². The van der Waals surface area contributed by atoms with E-state index in [2.05, 4.69) is 10.3 Å². The topological polar surface area (TPSA) is 66.6 Å². The summed E-state index contributed by atoms with van der Waals surface area (Å²) in [5.41, 5.74) is 2.74. The van der Waals surface area contributed by atoms with Crippen LogP contribution in [0.15, 0.2) is 42.7 Å². The third-order valence-electron chi connectivity index (χ3n) is 4.20. The molecule has 2 aromatic heterocycles. The number of nitrogens with one attached hydrogen (secondary N) is 1. The first-order chi connectivity index (χ1) is 11.6. The standard InChI is InChI=1S/C18H16FN3O2/c19-14-5-3-13(10-23)15(7-14)12-4-6-17-20-16(9-22(17)8-12)21-18(24)11-1-2-11/h3-9,11,23H,1-2,10H2,(H,21,24). The maximum atomic E-state index is 13.6. The predicted molar refractivity (Wildman–Crippen MR) is 87.9 cm³/mol. The van der Waals surface area contributed by atoms with E-state index in [9.17, 15) is 14.3 Å². The Morgan fingerprint density at radius 2 is 2.12 bits per heavy atom. The van der Waals surface area contributed by atoms with Gasteiger partial charge in [-0.1, -0.05) is 6.07 Å². The van der Waals surface area contributed by atoms with Gasteiger partial charge in [0.1, 0.15) is 11.5 Å². The molecule has 2 heterocycles. The zero-order valence-corrected chi connectivity index (χ0v) is 12.9. The van der Waals surface area contributed by atoms with Crippen LogP contribution in [0.1, 0.15) is 18.4 Å². The summed E-state index contributed by atoms with van der Waals surface area (Å²) in [5.74, 6) is 0.270. The van der Waals surface area contributed by atoms with Crippen LogP contribution in [0, 0.1) is 11.7 Å². The molecule has 1 aromatic carbocycles. The van der Waals surface area contributed by atoms with E-state index in [0.717, 1.165) is 18.4 Å². The van der Waals surface area contributed by atoms with Gasteiger partial charge in [-0.2, -0.15) is 0 Å². The minimum absolute atomic E-state index is 0.00586. The zero-order chi connectivity index (χ0) is 16.7. The largest absolute Gasteiger partial charge is 0.392 e. The van der Waals surface area contributed by atoms with Crippen LogP contribution in [0.2, 0.25) is 0 Å².